The number of benzene rings is 1. The third-order valence-corrected chi connectivity index (χ3v) is 6.18. The molecule has 3 heterocycles. The Morgan fingerprint density at radius 1 is 1.18 bits per heavy atom. The van der Waals surface area contributed by atoms with E-state index in [1.165, 1.54) is 16.8 Å². The van der Waals surface area contributed by atoms with Crippen LogP contribution in [0.25, 0.3) is 11.3 Å². The highest BCUT2D eigenvalue weighted by atomic mass is 19.1. The van der Waals surface area contributed by atoms with Crippen molar-refractivity contribution in [3.05, 3.63) is 58.2 Å². The van der Waals surface area contributed by atoms with Crippen molar-refractivity contribution >= 4 is 5.91 Å². The molecule has 0 spiro atoms. The number of aromatic nitrogens is 5. The van der Waals surface area contributed by atoms with E-state index in [1.807, 2.05) is 12.1 Å². The Balaban J connectivity index is 1.19. The van der Waals surface area contributed by atoms with Crippen molar-refractivity contribution in [1.82, 2.24) is 29.4 Å². The van der Waals surface area contributed by atoms with Gasteiger partial charge in [0.1, 0.15) is 18.2 Å². The molecule has 176 valence electrons. The van der Waals surface area contributed by atoms with E-state index in [1.54, 1.807) is 22.6 Å². The lowest BCUT2D eigenvalue weighted by Gasteiger charge is -2.16. The maximum atomic E-state index is 13.4. The van der Waals surface area contributed by atoms with Crippen LogP contribution in [-0.2, 0) is 30.7 Å². The third-order valence-electron chi connectivity index (χ3n) is 6.18. The number of likely N-dealkylation sites (N-methyl/N-ethyl adjacent to an activating group) is 1. The fraction of sp³-hybridized carbons (Fsp3) is 0.500. The Morgan fingerprint density at radius 2 is 2.06 bits per heavy atom. The number of aromatic amines is 1. The summed E-state index contributed by atoms with van der Waals surface area (Å²) < 4.78 is 16.4. The van der Waals surface area contributed by atoms with Gasteiger partial charge in [-0.2, -0.15) is 10.2 Å². The number of hydrogen-bond acceptors (Lipinski definition) is 4. The van der Waals surface area contributed by atoms with Crippen LogP contribution in [0.3, 0.4) is 0 Å². The van der Waals surface area contributed by atoms with Crippen LogP contribution in [-0.4, -0.2) is 48.9 Å². The topological polar surface area (TPSA) is 88.8 Å². The van der Waals surface area contributed by atoms with E-state index in [-0.39, 0.29) is 24.0 Å². The molecule has 0 radical (unpaired) electrons. The third kappa shape index (κ3) is 5.77. The molecule has 1 aromatic carbocycles. The molecule has 1 N–H and O–H groups in total. The van der Waals surface area contributed by atoms with Crippen LogP contribution >= 0.6 is 0 Å². The van der Waals surface area contributed by atoms with Gasteiger partial charge in [-0.15, -0.1) is 0 Å². The fourth-order valence-electron chi connectivity index (χ4n) is 4.23. The van der Waals surface area contributed by atoms with Gasteiger partial charge < -0.3 is 4.90 Å². The van der Waals surface area contributed by atoms with E-state index in [0.29, 0.717) is 13.1 Å². The summed E-state index contributed by atoms with van der Waals surface area (Å²) in [6.07, 6.45) is 7.57. The Morgan fingerprint density at radius 3 is 2.91 bits per heavy atom. The molecular formula is C24H31FN6O2. The second kappa shape index (κ2) is 10.6. The van der Waals surface area contributed by atoms with Crippen LogP contribution in [0.4, 0.5) is 4.39 Å². The summed E-state index contributed by atoms with van der Waals surface area (Å²) in [6.45, 7) is 1.32. The normalized spacial score (nSPS) is 13.5. The summed E-state index contributed by atoms with van der Waals surface area (Å²) >= 11 is 0. The number of halogens is 1. The van der Waals surface area contributed by atoms with Crippen LogP contribution in [0.1, 0.15) is 50.0 Å². The first-order valence-corrected chi connectivity index (χ1v) is 11.7. The molecule has 2 aromatic heterocycles. The molecule has 1 aliphatic rings. The predicted octanol–water partition coefficient (Wildman–Crippen LogP) is 3.17. The van der Waals surface area contributed by atoms with Crippen LogP contribution in [0, 0.1) is 5.82 Å². The second-order valence-electron chi connectivity index (χ2n) is 8.73. The molecular weight excluding hydrogens is 423 g/mol. The summed E-state index contributed by atoms with van der Waals surface area (Å²) in [7, 11) is 1.77. The van der Waals surface area contributed by atoms with Crippen LogP contribution < -0.4 is 5.69 Å². The van der Waals surface area contributed by atoms with Crippen molar-refractivity contribution in [1.29, 1.82) is 0 Å². The van der Waals surface area contributed by atoms with Gasteiger partial charge in [0.25, 0.3) is 0 Å². The summed E-state index contributed by atoms with van der Waals surface area (Å²) in [5, 5.41) is 11.7. The zero-order chi connectivity index (χ0) is 23.2. The number of hydrogen-bond donors (Lipinski definition) is 1. The van der Waals surface area contributed by atoms with Crippen molar-refractivity contribution in [2.75, 3.05) is 13.6 Å². The van der Waals surface area contributed by atoms with Crippen molar-refractivity contribution in [2.45, 2.75) is 64.5 Å². The van der Waals surface area contributed by atoms with Gasteiger partial charge in [0, 0.05) is 37.8 Å². The number of carbonyl (C=O) groups excluding carboxylic acids is 1. The van der Waals surface area contributed by atoms with Gasteiger partial charge in [-0.1, -0.05) is 25.0 Å². The highest BCUT2D eigenvalue weighted by molar-refractivity contribution is 5.75. The second-order valence-corrected chi connectivity index (χ2v) is 8.73. The zero-order valence-corrected chi connectivity index (χ0v) is 19.1. The minimum absolute atomic E-state index is 0.00760. The van der Waals surface area contributed by atoms with Gasteiger partial charge in [-0.3, -0.25) is 14.5 Å². The van der Waals surface area contributed by atoms with Crippen LogP contribution in [0.15, 0.2) is 35.1 Å². The first kappa shape index (κ1) is 22.9. The van der Waals surface area contributed by atoms with Gasteiger partial charge in [0.15, 0.2) is 0 Å². The Hall–Kier alpha value is -3.23. The van der Waals surface area contributed by atoms with Gasteiger partial charge in [-0.05, 0) is 50.3 Å². The molecule has 0 unspecified atom stereocenters. The fourth-order valence-corrected chi connectivity index (χ4v) is 4.23. The van der Waals surface area contributed by atoms with E-state index >= 15 is 0 Å². The van der Waals surface area contributed by atoms with E-state index < -0.39 is 0 Å². The maximum Gasteiger partial charge on any atom is 0.346 e. The molecule has 3 aromatic rings. The van der Waals surface area contributed by atoms with Crippen molar-refractivity contribution < 1.29 is 9.18 Å². The highest BCUT2D eigenvalue weighted by Gasteiger charge is 2.18. The SMILES string of the molecule is CN(CCCCCc1cc(-c2cccc(F)c2)n[nH]1)C(=O)Cn1nc2n(c1=O)CCCCC2. The molecule has 0 saturated carbocycles. The summed E-state index contributed by atoms with van der Waals surface area (Å²) in [5.74, 6) is 0.425. The largest absolute Gasteiger partial charge is 0.346 e. The number of rotatable bonds is 9. The van der Waals surface area contributed by atoms with E-state index in [2.05, 4.69) is 15.3 Å². The Labute approximate surface area is 192 Å². The number of amides is 1. The van der Waals surface area contributed by atoms with Gasteiger partial charge in [0.05, 0.1) is 5.69 Å². The lowest BCUT2D eigenvalue weighted by atomic mass is 10.1. The number of aryl methyl sites for hydroxylation is 2. The minimum Gasteiger partial charge on any atom is -0.344 e. The van der Waals surface area contributed by atoms with Crippen molar-refractivity contribution in [3.8, 4) is 11.3 Å². The summed E-state index contributed by atoms with van der Waals surface area (Å²) in [6, 6.07) is 8.36. The molecule has 4 rings (SSSR count). The maximum absolute atomic E-state index is 13.4. The minimum atomic E-state index is -0.274. The number of unbranched alkanes of at least 4 members (excludes halogenated alkanes) is 2. The average molecular weight is 455 g/mol. The monoisotopic (exact) mass is 454 g/mol. The zero-order valence-electron chi connectivity index (χ0n) is 19.1. The highest BCUT2D eigenvalue weighted by Crippen LogP contribution is 2.19. The lowest BCUT2D eigenvalue weighted by Crippen LogP contribution is -2.35. The summed E-state index contributed by atoms with van der Waals surface area (Å²) in [5.41, 5.74) is 2.33. The van der Waals surface area contributed by atoms with E-state index in [9.17, 15) is 14.0 Å². The molecule has 0 fully saturated rings. The molecule has 0 bridgehead atoms. The number of fused-ring (bicyclic) bond motifs is 1. The predicted molar refractivity (Wildman–Crippen MR) is 123 cm³/mol. The standard InChI is InChI=1S/C24H31FN6O2/c1-29(23(32)17-31-24(33)30-14-7-3-5-12-22(30)28-31)13-6-2-4-11-20-16-21(27-26-20)18-9-8-10-19(25)15-18/h8-10,15-16H,2-7,11-14,17H2,1H3,(H,26,27). The number of nitrogens with zero attached hydrogens (tertiary/aromatic N) is 5. The Kier molecular flexibility index (Phi) is 7.36. The van der Waals surface area contributed by atoms with Crippen molar-refractivity contribution in [3.63, 3.8) is 0 Å². The van der Waals surface area contributed by atoms with Crippen LogP contribution in [0.2, 0.25) is 0 Å². The summed E-state index contributed by atoms with van der Waals surface area (Å²) in [4.78, 5) is 26.8. The molecule has 1 amide bonds. The number of carbonyl (C=O) groups is 1. The van der Waals surface area contributed by atoms with E-state index in [4.69, 9.17) is 0 Å². The molecule has 0 saturated heterocycles. The Bertz CT molecular complexity index is 1150. The molecule has 1 aliphatic heterocycles. The molecule has 33 heavy (non-hydrogen) atoms. The smallest absolute Gasteiger partial charge is 0.344 e. The lowest BCUT2D eigenvalue weighted by molar-refractivity contribution is -0.130. The number of H-pyrrole nitrogens is 1. The number of nitrogens with one attached hydrogen (secondary N) is 1. The van der Waals surface area contributed by atoms with Gasteiger partial charge in [0.2, 0.25) is 5.91 Å². The molecule has 0 atom stereocenters. The van der Waals surface area contributed by atoms with E-state index in [0.717, 1.165) is 74.1 Å². The average Bonchev–Trinajstić information content (AvgIpc) is 3.30. The molecule has 8 nitrogen and oxygen atoms in total. The molecule has 0 aliphatic carbocycles. The van der Waals surface area contributed by atoms with Crippen molar-refractivity contribution in [2.24, 2.45) is 0 Å². The quantitative estimate of drug-likeness (QED) is 0.503. The molecule has 9 heteroatoms. The van der Waals surface area contributed by atoms with Gasteiger partial charge >= 0.3 is 5.69 Å². The first-order chi connectivity index (χ1) is 16.0. The van der Waals surface area contributed by atoms with Gasteiger partial charge in [-0.25, -0.2) is 13.9 Å². The first-order valence-electron chi connectivity index (χ1n) is 11.7. The van der Waals surface area contributed by atoms with Crippen LogP contribution in [0.5, 0.6) is 0 Å².